The van der Waals surface area contributed by atoms with E-state index in [2.05, 4.69) is 146 Å². The molecule has 0 aliphatic heterocycles. The molecule has 2 aliphatic carbocycles. The van der Waals surface area contributed by atoms with Crippen LogP contribution in [0.5, 0.6) is 0 Å². The van der Waals surface area contributed by atoms with Crippen LogP contribution < -0.4 is 0 Å². The van der Waals surface area contributed by atoms with Crippen molar-refractivity contribution < 1.29 is 0 Å². The summed E-state index contributed by atoms with van der Waals surface area (Å²) in [6, 6.07) is 58.9. The molecule has 4 heteroatoms. The number of thiophene rings is 1. The topological polar surface area (TPSA) is 38.7 Å². The first-order valence-corrected chi connectivity index (χ1v) is 17.8. The maximum Gasteiger partial charge on any atom is 0.164 e. The van der Waals surface area contributed by atoms with Crippen molar-refractivity contribution in [3.8, 4) is 56.4 Å². The molecule has 0 atom stereocenters. The highest BCUT2D eigenvalue weighted by Gasteiger charge is 2.51. The Bertz CT molecular complexity index is 2770. The molecule has 0 unspecified atom stereocenters. The van der Waals surface area contributed by atoms with E-state index < -0.39 is 5.41 Å². The van der Waals surface area contributed by atoms with Crippen molar-refractivity contribution in [1.82, 2.24) is 15.0 Å². The molecular weight excluding hydrogens is 627 g/mol. The number of nitrogens with zero attached hydrogens (tertiary/aromatic N) is 3. The van der Waals surface area contributed by atoms with Crippen molar-refractivity contribution in [2.45, 2.75) is 5.41 Å². The molecule has 0 fully saturated rings. The highest BCUT2D eigenvalue weighted by molar-refractivity contribution is 7.25. The minimum Gasteiger partial charge on any atom is -0.208 e. The number of fused-ring (bicyclic) bond motifs is 13. The zero-order valence-electron chi connectivity index (χ0n) is 26.8. The van der Waals surface area contributed by atoms with E-state index in [0.29, 0.717) is 17.5 Å². The Morgan fingerprint density at radius 1 is 0.340 bits per heavy atom. The third kappa shape index (κ3) is 3.77. The summed E-state index contributed by atoms with van der Waals surface area (Å²) < 4.78 is 2.51. The second-order valence-electron chi connectivity index (χ2n) is 13.1. The van der Waals surface area contributed by atoms with Gasteiger partial charge in [0.1, 0.15) is 0 Å². The van der Waals surface area contributed by atoms with Crippen molar-refractivity contribution >= 4 is 31.5 Å². The van der Waals surface area contributed by atoms with Crippen LogP contribution in [0.3, 0.4) is 0 Å². The van der Waals surface area contributed by atoms with Crippen LogP contribution in [0.4, 0.5) is 0 Å². The van der Waals surface area contributed by atoms with E-state index in [9.17, 15) is 0 Å². The normalized spacial score (nSPS) is 13.4. The number of hydrogen-bond acceptors (Lipinski definition) is 4. The molecule has 2 heterocycles. The molecule has 0 radical (unpaired) electrons. The quantitative estimate of drug-likeness (QED) is 0.190. The van der Waals surface area contributed by atoms with Gasteiger partial charge in [0.05, 0.1) is 5.41 Å². The van der Waals surface area contributed by atoms with E-state index in [1.54, 1.807) is 0 Å². The number of hydrogen-bond donors (Lipinski definition) is 0. The lowest BCUT2D eigenvalue weighted by Gasteiger charge is -2.30. The van der Waals surface area contributed by atoms with Gasteiger partial charge < -0.3 is 0 Å². The predicted molar refractivity (Wildman–Crippen MR) is 205 cm³/mol. The molecule has 2 aromatic heterocycles. The van der Waals surface area contributed by atoms with Crippen molar-refractivity contribution in [2.24, 2.45) is 0 Å². The fourth-order valence-electron chi connectivity index (χ4n) is 8.45. The Labute approximate surface area is 293 Å². The largest absolute Gasteiger partial charge is 0.208 e. The molecule has 0 amide bonds. The molecule has 0 saturated heterocycles. The first-order valence-electron chi connectivity index (χ1n) is 16.9. The molecule has 0 N–H and O–H groups in total. The molecule has 0 saturated carbocycles. The summed E-state index contributed by atoms with van der Waals surface area (Å²) in [6.45, 7) is 0. The Morgan fingerprint density at radius 3 is 1.48 bits per heavy atom. The monoisotopic (exact) mass is 653 g/mol. The third-order valence-electron chi connectivity index (χ3n) is 10.6. The van der Waals surface area contributed by atoms with E-state index in [4.69, 9.17) is 15.0 Å². The Hall–Kier alpha value is -6.23. The molecule has 11 rings (SSSR count). The minimum absolute atomic E-state index is 0.431. The van der Waals surface area contributed by atoms with Crippen LogP contribution in [0.2, 0.25) is 0 Å². The van der Waals surface area contributed by atoms with E-state index in [1.165, 1.54) is 64.7 Å². The third-order valence-corrected chi connectivity index (χ3v) is 11.7. The molecule has 7 aromatic carbocycles. The zero-order chi connectivity index (χ0) is 32.8. The highest BCUT2D eigenvalue weighted by Crippen LogP contribution is 2.63. The maximum atomic E-state index is 5.22. The van der Waals surface area contributed by atoms with Gasteiger partial charge in [-0.25, -0.2) is 15.0 Å². The van der Waals surface area contributed by atoms with Gasteiger partial charge in [-0.2, -0.15) is 0 Å². The van der Waals surface area contributed by atoms with Gasteiger partial charge in [0.25, 0.3) is 0 Å². The highest BCUT2D eigenvalue weighted by atomic mass is 32.1. The average molecular weight is 654 g/mol. The lowest BCUT2D eigenvalue weighted by molar-refractivity contribution is 0.794. The molecular formula is C46H27N3S. The lowest BCUT2D eigenvalue weighted by Crippen LogP contribution is -2.25. The fourth-order valence-corrected chi connectivity index (χ4v) is 9.59. The van der Waals surface area contributed by atoms with E-state index >= 15 is 0 Å². The van der Waals surface area contributed by atoms with Crippen molar-refractivity contribution in [3.05, 3.63) is 186 Å². The first-order chi connectivity index (χ1) is 24.8. The van der Waals surface area contributed by atoms with Crippen LogP contribution in [-0.4, -0.2) is 15.0 Å². The smallest absolute Gasteiger partial charge is 0.164 e. The van der Waals surface area contributed by atoms with Crippen LogP contribution in [0.25, 0.3) is 76.6 Å². The van der Waals surface area contributed by atoms with Crippen molar-refractivity contribution in [2.75, 3.05) is 0 Å². The predicted octanol–water partition coefficient (Wildman–Crippen LogP) is 11.6. The summed E-state index contributed by atoms with van der Waals surface area (Å²) in [5, 5.41) is 2.54. The fraction of sp³-hybridized carbons (Fsp3) is 0.0217. The van der Waals surface area contributed by atoms with Gasteiger partial charge in [0.15, 0.2) is 17.5 Å². The summed E-state index contributed by atoms with van der Waals surface area (Å²) in [5.41, 5.74) is 12.8. The standard InChI is InChI=1S/C46H27N3S/c1-2-12-28(13-3-1)43-47-44(49-45(48-43)30-23-25-36-35-17-7-11-21-41(35)50-42(36)27-30)29-22-24-34-33-16-6-10-20-39(33)46(40(34)26-29)37-18-8-4-14-31(37)32-15-5-9-19-38(32)46/h1-27H. The van der Waals surface area contributed by atoms with E-state index in [0.717, 1.165) is 16.7 Å². The number of rotatable bonds is 3. The van der Waals surface area contributed by atoms with Gasteiger partial charge in [0, 0.05) is 36.9 Å². The van der Waals surface area contributed by atoms with Gasteiger partial charge in [-0.15, -0.1) is 11.3 Å². The Balaban J connectivity index is 1.15. The maximum absolute atomic E-state index is 5.22. The van der Waals surface area contributed by atoms with E-state index in [-0.39, 0.29) is 0 Å². The van der Waals surface area contributed by atoms with Crippen LogP contribution in [0, 0.1) is 0 Å². The minimum atomic E-state index is -0.431. The summed E-state index contributed by atoms with van der Waals surface area (Å²) in [4.78, 5) is 15.5. The van der Waals surface area contributed by atoms with Gasteiger partial charge >= 0.3 is 0 Å². The molecule has 0 bridgehead atoms. The van der Waals surface area contributed by atoms with Gasteiger partial charge in [-0.05, 0) is 62.7 Å². The van der Waals surface area contributed by atoms with Crippen LogP contribution >= 0.6 is 11.3 Å². The summed E-state index contributed by atoms with van der Waals surface area (Å²) in [7, 11) is 0. The SMILES string of the molecule is c1ccc(-c2nc(-c3ccc4c(c3)C3(c5ccccc5-c5ccccc53)c3ccccc3-4)nc(-c3ccc4c(c3)sc3ccccc34)n2)cc1. The van der Waals surface area contributed by atoms with Crippen LogP contribution in [0.1, 0.15) is 22.3 Å². The summed E-state index contributed by atoms with van der Waals surface area (Å²) >= 11 is 1.81. The number of benzene rings is 7. The molecule has 1 spiro atoms. The second kappa shape index (κ2) is 10.4. The zero-order valence-corrected chi connectivity index (χ0v) is 27.7. The molecule has 2 aliphatic rings. The van der Waals surface area contributed by atoms with Gasteiger partial charge in [-0.3, -0.25) is 0 Å². The Kier molecular flexibility index (Phi) is 5.75. The van der Waals surface area contributed by atoms with Crippen molar-refractivity contribution in [1.29, 1.82) is 0 Å². The van der Waals surface area contributed by atoms with Crippen molar-refractivity contribution in [3.63, 3.8) is 0 Å². The number of aromatic nitrogens is 3. The van der Waals surface area contributed by atoms with Crippen LogP contribution in [0.15, 0.2) is 164 Å². The summed E-state index contributed by atoms with van der Waals surface area (Å²) in [5.74, 6) is 2.00. The second-order valence-corrected chi connectivity index (χ2v) is 14.2. The molecule has 3 nitrogen and oxygen atoms in total. The van der Waals surface area contributed by atoms with Crippen LogP contribution in [-0.2, 0) is 5.41 Å². The average Bonchev–Trinajstić information content (AvgIpc) is 3.81. The molecule has 9 aromatic rings. The first kappa shape index (κ1) is 27.7. The van der Waals surface area contributed by atoms with Gasteiger partial charge in [-0.1, -0.05) is 146 Å². The lowest BCUT2D eigenvalue weighted by atomic mass is 9.70. The Morgan fingerprint density at radius 2 is 0.820 bits per heavy atom. The molecule has 50 heavy (non-hydrogen) atoms. The molecule has 232 valence electrons. The van der Waals surface area contributed by atoms with E-state index in [1.807, 2.05) is 29.5 Å². The van der Waals surface area contributed by atoms with Gasteiger partial charge in [0.2, 0.25) is 0 Å². The summed E-state index contributed by atoms with van der Waals surface area (Å²) in [6.07, 6.45) is 0.